The summed E-state index contributed by atoms with van der Waals surface area (Å²) >= 11 is 3.29. The van der Waals surface area contributed by atoms with Crippen molar-refractivity contribution in [3.8, 4) is 0 Å². The molecule has 0 bridgehead atoms. The standard InChI is InChI=1S/C17H13BrN4O2/c18-12-7-8-19-15(9-12)22-17(24)10-16(23)21-14-6-5-11-3-1-2-4-13(11)20-14/h1-9H,10H2,(H,19,22,24)(H,20,21,23). The van der Waals surface area contributed by atoms with Crippen LogP contribution in [0.5, 0.6) is 0 Å². The zero-order chi connectivity index (χ0) is 16.9. The van der Waals surface area contributed by atoms with Crippen molar-refractivity contribution in [1.82, 2.24) is 9.97 Å². The van der Waals surface area contributed by atoms with Crippen molar-refractivity contribution in [3.05, 3.63) is 59.2 Å². The van der Waals surface area contributed by atoms with E-state index in [1.807, 2.05) is 30.3 Å². The van der Waals surface area contributed by atoms with Crippen LogP contribution in [0.3, 0.4) is 0 Å². The molecule has 3 aromatic rings. The fourth-order valence-electron chi connectivity index (χ4n) is 2.13. The van der Waals surface area contributed by atoms with Crippen LogP contribution in [0.25, 0.3) is 10.9 Å². The summed E-state index contributed by atoms with van der Waals surface area (Å²) in [5.74, 6) is -0.0951. The maximum atomic E-state index is 12.0. The molecule has 0 saturated heterocycles. The van der Waals surface area contributed by atoms with Gasteiger partial charge in [0.05, 0.1) is 5.52 Å². The van der Waals surface area contributed by atoms with Crippen LogP contribution >= 0.6 is 15.9 Å². The Bertz CT molecular complexity index is 914. The van der Waals surface area contributed by atoms with E-state index < -0.39 is 11.8 Å². The van der Waals surface area contributed by atoms with Crippen molar-refractivity contribution in [1.29, 1.82) is 0 Å². The first-order valence-corrected chi connectivity index (χ1v) is 7.96. The van der Waals surface area contributed by atoms with E-state index in [1.54, 1.807) is 24.4 Å². The predicted molar refractivity (Wildman–Crippen MR) is 95.6 cm³/mol. The molecule has 3 rings (SSSR count). The molecule has 0 aliphatic carbocycles. The van der Waals surface area contributed by atoms with E-state index in [9.17, 15) is 9.59 Å². The average molecular weight is 385 g/mol. The van der Waals surface area contributed by atoms with Gasteiger partial charge in [0.15, 0.2) is 0 Å². The van der Waals surface area contributed by atoms with Crippen molar-refractivity contribution >= 4 is 50.3 Å². The second-order valence-corrected chi connectivity index (χ2v) is 5.94. The first-order valence-electron chi connectivity index (χ1n) is 7.17. The van der Waals surface area contributed by atoms with Gasteiger partial charge in [-0.05, 0) is 30.3 Å². The van der Waals surface area contributed by atoms with Gasteiger partial charge in [0.25, 0.3) is 0 Å². The lowest BCUT2D eigenvalue weighted by molar-refractivity contribution is -0.123. The number of hydrogen-bond donors (Lipinski definition) is 2. The highest BCUT2D eigenvalue weighted by molar-refractivity contribution is 9.10. The number of aromatic nitrogens is 2. The first kappa shape index (κ1) is 16.1. The van der Waals surface area contributed by atoms with Gasteiger partial charge in [-0.2, -0.15) is 0 Å². The lowest BCUT2D eigenvalue weighted by Gasteiger charge is -2.06. The molecule has 2 heterocycles. The fourth-order valence-corrected chi connectivity index (χ4v) is 2.46. The number of nitrogens with zero attached hydrogens (tertiary/aromatic N) is 2. The van der Waals surface area contributed by atoms with Crippen LogP contribution in [-0.2, 0) is 9.59 Å². The van der Waals surface area contributed by atoms with E-state index in [0.29, 0.717) is 11.6 Å². The molecule has 1 aromatic carbocycles. The number of hydrogen-bond acceptors (Lipinski definition) is 4. The van der Waals surface area contributed by atoms with Gasteiger partial charge in [-0.25, -0.2) is 9.97 Å². The van der Waals surface area contributed by atoms with Crippen LogP contribution < -0.4 is 10.6 Å². The van der Waals surface area contributed by atoms with Crippen LogP contribution in [0, 0.1) is 0 Å². The van der Waals surface area contributed by atoms with Gasteiger partial charge in [0.2, 0.25) is 11.8 Å². The minimum atomic E-state index is -0.445. The van der Waals surface area contributed by atoms with Gasteiger partial charge in [-0.15, -0.1) is 0 Å². The number of fused-ring (bicyclic) bond motifs is 1. The number of rotatable bonds is 4. The number of para-hydroxylation sites is 1. The molecule has 0 fully saturated rings. The molecular formula is C17H13BrN4O2. The Balaban J connectivity index is 1.60. The molecule has 2 N–H and O–H groups in total. The summed E-state index contributed by atoms with van der Waals surface area (Å²) in [5.41, 5.74) is 0.776. The van der Waals surface area contributed by atoms with Crippen molar-refractivity contribution < 1.29 is 9.59 Å². The molecule has 0 aliphatic heterocycles. The molecule has 2 aromatic heterocycles. The van der Waals surface area contributed by atoms with Gasteiger partial charge in [-0.1, -0.05) is 34.1 Å². The van der Waals surface area contributed by atoms with E-state index in [2.05, 4.69) is 36.5 Å². The van der Waals surface area contributed by atoms with Crippen LogP contribution in [0.1, 0.15) is 6.42 Å². The normalized spacial score (nSPS) is 10.4. The van der Waals surface area contributed by atoms with Gasteiger partial charge in [0.1, 0.15) is 18.1 Å². The average Bonchev–Trinajstić information content (AvgIpc) is 2.54. The Hall–Kier alpha value is -2.80. The Morgan fingerprint density at radius 3 is 2.50 bits per heavy atom. The number of nitrogens with one attached hydrogen (secondary N) is 2. The Labute approximate surface area is 146 Å². The Morgan fingerprint density at radius 1 is 0.958 bits per heavy atom. The van der Waals surface area contributed by atoms with E-state index in [4.69, 9.17) is 0 Å². The summed E-state index contributed by atoms with van der Waals surface area (Å²) in [6.45, 7) is 0. The highest BCUT2D eigenvalue weighted by Crippen LogP contribution is 2.15. The number of anilines is 2. The highest BCUT2D eigenvalue weighted by atomic mass is 79.9. The van der Waals surface area contributed by atoms with Crippen LogP contribution in [0.4, 0.5) is 11.6 Å². The largest absolute Gasteiger partial charge is 0.310 e. The molecule has 0 radical (unpaired) electrons. The van der Waals surface area contributed by atoms with Crippen LogP contribution in [0.15, 0.2) is 59.2 Å². The Kier molecular flexibility index (Phi) is 4.81. The van der Waals surface area contributed by atoms with Crippen molar-refractivity contribution in [2.75, 3.05) is 10.6 Å². The van der Waals surface area contributed by atoms with Crippen LogP contribution in [-0.4, -0.2) is 21.8 Å². The summed E-state index contributed by atoms with van der Waals surface area (Å²) in [6, 6.07) is 14.6. The lowest BCUT2D eigenvalue weighted by atomic mass is 10.2. The van der Waals surface area contributed by atoms with Gasteiger partial charge in [-0.3, -0.25) is 9.59 Å². The van der Waals surface area contributed by atoms with Crippen molar-refractivity contribution in [3.63, 3.8) is 0 Å². The summed E-state index contributed by atoms with van der Waals surface area (Å²) < 4.78 is 0.789. The van der Waals surface area contributed by atoms with Gasteiger partial charge >= 0.3 is 0 Å². The van der Waals surface area contributed by atoms with Gasteiger partial charge in [0, 0.05) is 16.1 Å². The minimum absolute atomic E-state index is 0.317. The third kappa shape index (κ3) is 4.14. The molecule has 6 nitrogen and oxygen atoms in total. The SMILES string of the molecule is O=C(CC(=O)Nc1ccc2ccccc2n1)Nc1cc(Br)ccn1. The zero-order valence-corrected chi connectivity index (χ0v) is 14.1. The van der Waals surface area contributed by atoms with Gasteiger partial charge < -0.3 is 10.6 Å². The third-order valence-electron chi connectivity index (χ3n) is 3.18. The second kappa shape index (κ2) is 7.18. The molecule has 0 unspecified atom stereocenters. The topological polar surface area (TPSA) is 84.0 Å². The molecular weight excluding hydrogens is 372 g/mol. The molecule has 0 saturated carbocycles. The number of halogens is 1. The van der Waals surface area contributed by atoms with E-state index >= 15 is 0 Å². The second-order valence-electron chi connectivity index (χ2n) is 5.02. The maximum absolute atomic E-state index is 12.0. The van der Waals surface area contributed by atoms with E-state index in [-0.39, 0.29) is 6.42 Å². The third-order valence-corrected chi connectivity index (χ3v) is 3.67. The minimum Gasteiger partial charge on any atom is -0.310 e. The Morgan fingerprint density at radius 2 is 1.71 bits per heavy atom. The smallest absolute Gasteiger partial charge is 0.234 e. The fraction of sp³-hybridized carbons (Fsp3) is 0.0588. The summed E-state index contributed by atoms with van der Waals surface area (Å²) in [6.07, 6.45) is 1.24. The molecule has 0 atom stereocenters. The summed E-state index contributed by atoms with van der Waals surface area (Å²) in [5, 5.41) is 6.17. The van der Waals surface area contributed by atoms with E-state index in [0.717, 1.165) is 15.4 Å². The number of benzene rings is 1. The first-order chi connectivity index (χ1) is 11.6. The molecule has 0 spiro atoms. The monoisotopic (exact) mass is 384 g/mol. The molecule has 2 amide bonds. The molecule has 24 heavy (non-hydrogen) atoms. The predicted octanol–water partition coefficient (Wildman–Crippen LogP) is 3.36. The van der Waals surface area contributed by atoms with Crippen molar-refractivity contribution in [2.45, 2.75) is 6.42 Å². The summed E-state index contributed by atoms with van der Waals surface area (Å²) in [4.78, 5) is 32.2. The summed E-state index contributed by atoms with van der Waals surface area (Å²) in [7, 11) is 0. The highest BCUT2D eigenvalue weighted by Gasteiger charge is 2.11. The van der Waals surface area contributed by atoms with E-state index in [1.165, 1.54) is 0 Å². The zero-order valence-electron chi connectivity index (χ0n) is 12.5. The number of carbonyl (C=O) groups excluding carboxylic acids is 2. The molecule has 7 heteroatoms. The molecule has 120 valence electrons. The number of amides is 2. The number of carbonyl (C=O) groups is 2. The van der Waals surface area contributed by atoms with Crippen LogP contribution in [0.2, 0.25) is 0 Å². The maximum Gasteiger partial charge on any atom is 0.234 e. The quantitative estimate of drug-likeness (QED) is 0.675. The number of pyridine rings is 2. The lowest BCUT2D eigenvalue weighted by Crippen LogP contribution is -2.22. The van der Waals surface area contributed by atoms with Crippen molar-refractivity contribution in [2.24, 2.45) is 0 Å². The molecule has 0 aliphatic rings.